The predicted molar refractivity (Wildman–Crippen MR) is 113 cm³/mol. The third-order valence-corrected chi connectivity index (χ3v) is 5.28. The smallest absolute Gasteiger partial charge is 0.407 e. The number of carbonyl (C=O) groups excluding carboxylic acids is 2. The predicted octanol–water partition coefficient (Wildman–Crippen LogP) is 2.67. The van der Waals surface area contributed by atoms with E-state index < -0.39 is 30.4 Å². The molecule has 9 nitrogen and oxygen atoms in total. The lowest BCUT2D eigenvalue weighted by Gasteiger charge is -2.18. The van der Waals surface area contributed by atoms with Gasteiger partial charge in [-0.25, -0.2) is 4.79 Å². The van der Waals surface area contributed by atoms with Crippen molar-refractivity contribution in [3.63, 3.8) is 0 Å². The SMILES string of the molecule is O=C(O)CC(NC(=O)OCC1c2ccccc2-c2ccccc21)C(=O)NCc1cnoc1. The van der Waals surface area contributed by atoms with E-state index in [4.69, 9.17) is 9.84 Å². The second-order valence-corrected chi connectivity index (χ2v) is 7.37. The summed E-state index contributed by atoms with van der Waals surface area (Å²) in [6, 6.07) is 14.5. The Balaban J connectivity index is 1.39. The van der Waals surface area contributed by atoms with E-state index in [0.29, 0.717) is 5.56 Å². The first kappa shape index (κ1) is 21.1. The number of carboxylic acids is 1. The molecular formula is C23H21N3O6. The fourth-order valence-electron chi connectivity index (χ4n) is 3.79. The van der Waals surface area contributed by atoms with Crippen LogP contribution < -0.4 is 10.6 Å². The lowest BCUT2D eigenvalue weighted by Crippen LogP contribution is -2.48. The molecule has 0 saturated heterocycles. The zero-order chi connectivity index (χ0) is 22.5. The van der Waals surface area contributed by atoms with Crippen molar-refractivity contribution >= 4 is 18.0 Å². The maximum atomic E-state index is 12.4. The monoisotopic (exact) mass is 435 g/mol. The Hall–Kier alpha value is -4.14. The summed E-state index contributed by atoms with van der Waals surface area (Å²) < 4.78 is 10.1. The molecule has 4 rings (SSSR count). The number of alkyl carbamates (subject to hydrolysis) is 1. The molecule has 3 N–H and O–H groups in total. The van der Waals surface area contributed by atoms with Crippen molar-refractivity contribution in [2.75, 3.05) is 6.61 Å². The number of amides is 2. The van der Waals surface area contributed by atoms with Crippen LogP contribution in [0.15, 0.2) is 65.5 Å². The number of carbonyl (C=O) groups is 3. The number of aromatic nitrogens is 1. The molecule has 1 aliphatic rings. The molecule has 2 amide bonds. The number of fused-ring (bicyclic) bond motifs is 3. The van der Waals surface area contributed by atoms with Crippen LogP contribution in [0.4, 0.5) is 4.79 Å². The summed E-state index contributed by atoms with van der Waals surface area (Å²) in [7, 11) is 0. The van der Waals surface area contributed by atoms with Crippen LogP contribution in [-0.2, 0) is 20.9 Å². The average molecular weight is 435 g/mol. The maximum Gasteiger partial charge on any atom is 0.407 e. The minimum atomic E-state index is -1.29. The lowest BCUT2D eigenvalue weighted by atomic mass is 9.98. The topological polar surface area (TPSA) is 131 Å². The molecule has 0 radical (unpaired) electrons. The number of nitrogens with zero attached hydrogens (tertiary/aromatic N) is 1. The van der Waals surface area contributed by atoms with Crippen molar-refractivity contribution in [2.45, 2.75) is 24.9 Å². The number of aliphatic carboxylic acids is 1. The minimum Gasteiger partial charge on any atom is -0.481 e. The van der Waals surface area contributed by atoms with Crippen molar-refractivity contribution in [3.8, 4) is 11.1 Å². The van der Waals surface area contributed by atoms with Gasteiger partial charge < -0.3 is 25.0 Å². The highest BCUT2D eigenvalue weighted by Crippen LogP contribution is 2.44. The molecule has 9 heteroatoms. The van der Waals surface area contributed by atoms with Gasteiger partial charge in [-0.15, -0.1) is 0 Å². The van der Waals surface area contributed by atoms with Gasteiger partial charge in [0.05, 0.1) is 12.6 Å². The van der Waals surface area contributed by atoms with E-state index in [1.807, 2.05) is 48.5 Å². The Labute approximate surface area is 183 Å². The molecule has 1 unspecified atom stereocenters. The van der Waals surface area contributed by atoms with Gasteiger partial charge >= 0.3 is 12.1 Å². The van der Waals surface area contributed by atoms with E-state index in [-0.39, 0.29) is 19.1 Å². The normalized spacial score (nSPS) is 13.0. The average Bonchev–Trinajstić information content (AvgIpc) is 3.41. The molecule has 1 heterocycles. The largest absolute Gasteiger partial charge is 0.481 e. The standard InChI is InChI=1S/C23H21N3O6/c27-21(28)9-20(22(29)24-10-14-11-25-32-12-14)26-23(30)31-13-19-17-7-3-1-5-15(17)16-6-2-4-8-18(16)19/h1-8,11-12,19-20H,9-10,13H2,(H,24,29)(H,26,30)(H,27,28). The molecular weight excluding hydrogens is 414 g/mol. The second kappa shape index (κ2) is 9.34. The van der Waals surface area contributed by atoms with E-state index in [2.05, 4.69) is 20.3 Å². The molecule has 0 saturated carbocycles. The van der Waals surface area contributed by atoms with Gasteiger partial charge in [0.25, 0.3) is 0 Å². The minimum absolute atomic E-state index is 0.0575. The number of benzene rings is 2. The summed E-state index contributed by atoms with van der Waals surface area (Å²) in [5, 5.41) is 17.6. The first-order chi connectivity index (χ1) is 15.5. The molecule has 0 spiro atoms. The van der Waals surface area contributed by atoms with E-state index in [1.165, 1.54) is 12.5 Å². The quantitative estimate of drug-likeness (QED) is 0.496. The third kappa shape index (κ3) is 4.61. The fraction of sp³-hybridized carbons (Fsp3) is 0.217. The molecule has 2 aromatic carbocycles. The van der Waals surface area contributed by atoms with Crippen LogP contribution in [0.5, 0.6) is 0 Å². The Bertz CT molecular complexity index is 1080. The van der Waals surface area contributed by atoms with Crippen molar-refractivity contribution in [3.05, 3.63) is 77.7 Å². The van der Waals surface area contributed by atoms with Gasteiger partial charge in [0.2, 0.25) is 5.91 Å². The molecule has 164 valence electrons. The Morgan fingerprint density at radius 2 is 1.72 bits per heavy atom. The van der Waals surface area contributed by atoms with Crippen molar-refractivity contribution in [1.29, 1.82) is 0 Å². The molecule has 3 aromatic rings. The first-order valence-electron chi connectivity index (χ1n) is 10.0. The number of hydrogen-bond acceptors (Lipinski definition) is 6. The molecule has 0 bridgehead atoms. The zero-order valence-electron chi connectivity index (χ0n) is 17.0. The van der Waals surface area contributed by atoms with Crippen LogP contribution in [0.2, 0.25) is 0 Å². The summed E-state index contributed by atoms with van der Waals surface area (Å²) in [5.41, 5.74) is 4.89. The van der Waals surface area contributed by atoms with E-state index in [0.717, 1.165) is 22.3 Å². The number of hydrogen-bond donors (Lipinski definition) is 3. The molecule has 32 heavy (non-hydrogen) atoms. The second-order valence-electron chi connectivity index (χ2n) is 7.37. The van der Waals surface area contributed by atoms with Crippen LogP contribution in [0, 0.1) is 0 Å². The number of nitrogens with one attached hydrogen (secondary N) is 2. The van der Waals surface area contributed by atoms with Crippen LogP contribution in [0.1, 0.15) is 29.0 Å². The summed E-state index contributed by atoms with van der Waals surface area (Å²) in [6.07, 6.45) is 1.33. The molecule has 1 aromatic heterocycles. The van der Waals surface area contributed by atoms with E-state index in [9.17, 15) is 14.4 Å². The first-order valence-corrected chi connectivity index (χ1v) is 10.0. The zero-order valence-corrected chi connectivity index (χ0v) is 17.0. The number of ether oxygens (including phenoxy) is 1. The van der Waals surface area contributed by atoms with E-state index >= 15 is 0 Å². The van der Waals surface area contributed by atoms with Crippen molar-refractivity contribution < 1.29 is 28.8 Å². The van der Waals surface area contributed by atoms with Crippen LogP contribution in [-0.4, -0.2) is 40.9 Å². The molecule has 0 aliphatic heterocycles. The van der Waals surface area contributed by atoms with Gasteiger partial charge in [-0.3, -0.25) is 9.59 Å². The number of rotatable bonds is 8. The summed E-state index contributed by atoms with van der Waals surface area (Å²) in [4.78, 5) is 36.0. The molecule has 1 atom stereocenters. The van der Waals surface area contributed by atoms with Gasteiger partial charge in [0.15, 0.2) is 0 Å². The molecule has 0 fully saturated rings. The lowest BCUT2D eigenvalue weighted by molar-refractivity contribution is -0.139. The highest BCUT2D eigenvalue weighted by atomic mass is 16.5. The van der Waals surface area contributed by atoms with Gasteiger partial charge in [-0.05, 0) is 22.3 Å². The van der Waals surface area contributed by atoms with Crippen molar-refractivity contribution in [2.24, 2.45) is 0 Å². The highest BCUT2D eigenvalue weighted by Gasteiger charge is 2.30. The fourth-order valence-corrected chi connectivity index (χ4v) is 3.79. The van der Waals surface area contributed by atoms with Crippen LogP contribution >= 0.6 is 0 Å². The van der Waals surface area contributed by atoms with E-state index in [1.54, 1.807) is 0 Å². The maximum absolute atomic E-state index is 12.4. The summed E-state index contributed by atoms with van der Waals surface area (Å²) in [6.45, 7) is 0.146. The Morgan fingerprint density at radius 1 is 1.06 bits per heavy atom. The highest BCUT2D eigenvalue weighted by molar-refractivity contribution is 5.89. The van der Waals surface area contributed by atoms with Crippen molar-refractivity contribution in [1.82, 2.24) is 15.8 Å². The van der Waals surface area contributed by atoms with Gasteiger partial charge in [-0.2, -0.15) is 0 Å². The van der Waals surface area contributed by atoms with Gasteiger partial charge in [-0.1, -0.05) is 53.7 Å². The van der Waals surface area contributed by atoms with Gasteiger partial charge in [0, 0.05) is 18.0 Å². The third-order valence-electron chi connectivity index (χ3n) is 5.28. The summed E-state index contributed by atoms with van der Waals surface area (Å²) in [5.74, 6) is -2.02. The Morgan fingerprint density at radius 3 is 2.31 bits per heavy atom. The molecule has 1 aliphatic carbocycles. The van der Waals surface area contributed by atoms with Crippen LogP contribution in [0.3, 0.4) is 0 Å². The van der Waals surface area contributed by atoms with Crippen LogP contribution in [0.25, 0.3) is 11.1 Å². The number of carboxylic acid groups (broad SMARTS) is 1. The Kier molecular flexibility index (Phi) is 6.16. The van der Waals surface area contributed by atoms with Gasteiger partial charge in [0.1, 0.15) is 18.9 Å². The summed E-state index contributed by atoms with van der Waals surface area (Å²) >= 11 is 0.